The number of anilines is 1. The smallest absolute Gasteiger partial charge is 0.300 e. The van der Waals surface area contributed by atoms with E-state index >= 15 is 0 Å². The van der Waals surface area contributed by atoms with Gasteiger partial charge in [-0.05, 0) is 42.0 Å². The van der Waals surface area contributed by atoms with Gasteiger partial charge in [0.1, 0.15) is 23.1 Å². The Hall–Kier alpha value is -4.00. The van der Waals surface area contributed by atoms with E-state index in [1.54, 1.807) is 54.6 Å². The van der Waals surface area contributed by atoms with Crippen LogP contribution in [0.25, 0.3) is 5.76 Å². The summed E-state index contributed by atoms with van der Waals surface area (Å²) in [5.74, 6) is -3.65. The minimum atomic E-state index is -1.09. The van der Waals surface area contributed by atoms with Crippen molar-refractivity contribution >= 4 is 23.1 Å². The lowest BCUT2D eigenvalue weighted by Crippen LogP contribution is -2.30. The summed E-state index contributed by atoms with van der Waals surface area (Å²) in [6, 6.07) is 16.4. The number of hydrogen-bond acceptors (Lipinski definition) is 4. The standard InChI is InChI=1S/C24H17F2NO4/c1-31-17-10-7-15(8-11-17)22(28)20-21(14-5-3-2-4-6-14)27(24(30)23(20)29)19-12-9-16(25)13-18(19)26/h2-13,21,28H,1H3/b22-20+. The monoisotopic (exact) mass is 421 g/mol. The second-order valence-electron chi connectivity index (χ2n) is 6.90. The van der Waals surface area contributed by atoms with Crippen LogP contribution in [0.3, 0.4) is 0 Å². The second kappa shape index (κ2) is 8.02. The Labute approximate surface area is 176 Å². The Bertz CT molecular complexity index is 1190. The highest BCUT2D eigenvalue weighted by atomic mass is 19.1. The molecule has 1 aliphatic rings. The molecule has 0 spiro atoms. The van der Waals surface area contributed by atoms with Crippen LogP contribution in [0.15, 0.2) is 78.4 Å². The quantitative estimate of drug-likeness (QED) is 0.380. The highest BCUT2D eigenvalue weighted by molar-refractivity contribution is 6.51. The number of benzene rings is 3. The fourth-order valence-electron chi connectivity index (χ4n) is 3.61. The Kier molecular flexibility index (Phi) is 5.25. The molecular weight excluding hydrogens is 404 g/mol. The van der Waals surface area contributed by atoms with E-state index in [1.807, 2.05) is 0 Å². The number of carbonyl (C=O) groups is 2. The number of rotatable bonds is 4. The summed E-state index contributed by atoms with van der Waals surface area (Å²) in [4.78, 5) is 26.8. The van der Waals surface area contributed by atoms with Gasteiger partial charge in [-0.15, -0.1) is 0 Å². The summed E-state index contributed by atoms with van der Waals surface area (Å²) in [5.41, 5.74) is 0.330. The van der Waals surface area contributed by atoms with Crippen molar-refractivity contribution in [3.63, 3.8) is 0 Å². The molecule has 31 heavy (non-hydrogen) atoms. The summed E-state index contributed by atoms with van der Waals surface area (Å²) >= 11 is 0. The van der Waals surface area contributed by atoms with Crippen molar-refractivity contribution in [1.82, 2.24) is 0 Å². The van der Waals surface area contributed by atoms with Crippen molar-refractivity contribution in [3.05, 3.63) is 101 Å². The maximum absolute atomic E-state index is 14.6. The third-order valence-electron chi connectivity index (χ3n) is 5.09. The van der Waals surface area contributed by atoms with Crippen LogP contribution in [0.2, 0.25) is 0 Å². The number of carbonyl (C=O) groups excluding carboxylic acids is 2. The largest absolute Gasteiger partial charge is 0.507 e. The van der Waals surface area contributed by atoms with E-state index in [9.17, 15) is 23.5 Å². The van der Waals surface area contributed by atoms with Crippen LogP contribution in [-0.2, 0) is 9.59 Å². The zero-order valence-corrected chi connectivity index (χ0v) is 16.4. The number of aliphatic hydroxyl groups is 1. The van der Waals surface area contributed by atoms with Crippen LogP contribution in [-0.4, -0.2) is 23.9 Å². The number of methoxy groups -OCH3 is 1. The third-order valence-corrected chi connectivity index (χ3v) is 5.09. The molecule has 156 valence electrons. The lowest BCUT2D eigenvalue weighted by molar-refractivity contribution is -0.132. The van der Waals surface area contributed by atoms with Crippen molar-refractivity contribution in [3.8, 4) is 5.75 Å². The van der Waals surface area contributed by atoms with Gasteiger partial charge in [-0.3, -0.25) is 14.5 Å². The molecule has 1 aliphatic heterocycles. The number of Topliss-reactive ketones (excluding diaryl/α,β-unsaturated/α-hetero) is 1. The van der Waals surface area contributed by atoms with Crippen LogP contribution in [0.5, 0.6) is 5.75 Å². The number of ether oxygens (including phenoxy) is 1. The number of nitrogens with zero attached hydrogens (tertiary/aromatic N) is 1. The molecule has 0 aliphatic carbocycles. The minimum Gasteiger partial charge on any atom is -0.507 e. The molecule has 3 aromatic rings. The highest BCUT2D eigenvalue weighted by Crippen LogP contribution is 2.43. The molecule has 1 saturated heterocycles. The molecule has 7 heteroatoms. The van der Waals surface area contributed by atoms with E-state index in [1.165, 1.54) is 7.11 Å². The van der Waals surface area contributed by atoms with Crippen molar-refractivity contribution in [1.29, 1.82) is 0 Å². The van der Waals surface area contributed by atoms with Gasteiger partial charge in [-0.2, -0.15) is 0 Å². The Morgan fingerprint density at radius 1 is 0.968 bits per heavy atom. The van der Waals surface area contributed by atoms with Gasteiger partial charge >= 0.3 is 0 Å². The van der Waals surface area contributed by atoms with E-state index < -0.39 is 35.1 Å². The number of halogens is 2. The molecule has 1 amide bonds. The van der Waals surface area contributed by atoms with E-state index in [0.29, 0.717) is 22.9 Å². The molecule has 3 aromatic carbocycles. The topological polar surface area (TPSA) is 66.8 Å². The molecule has 0 aromatic heterocycles. The van der Waals surface area contributed by atoms with Crippen molar-refractivity contribution in [2.45, 2.75) is 6.04 Å². The number of hydrogen-bond donors (Lipinski definition) is 1. The maximum Gasteiger partial charge on any atom is 0.300 e. The van der Waals surface area contributed by atoms with Gasteiger partial charge in [0.2, 0.25) is 0 Å². The molecular formula is C24H17F2NO4. The van der Waals surface area contributed by atoms with Crippen molar-refractivity contribution in [2.75, 3.05) is 12.0 Å². The Morgan fingerprint density at radius 3 is 2.26 bits per heavy atom. The van der Waals surface area contributed by atoms with Gasteiger partial charge < -0.3 is 9.84 Å². The first-order valence-electron chi connectivity index (χ1n) is 9.38. The molecule has 0 bridgehead atoms. The van der Waals surface area contributed by atoms with Gasteiger partial charge in [0.25, 0.3) is 11.7 Å². The van der Waals surface area contributed by atoms with Crippen LogP contribution in [0, 0.1) is 11.6 Å². The summed E-state index contributed by atoms with van der Waals surface area (Å²) in [6.45, 7) is 0. The average molecular weight is 421 g/mol. The first-order chi connectivity index (χ1) is 14.9. The van der Waals surface area contributed by atoms with Crippen molar-refractivity contribution in [2.24, 2.45) is 0 Å². The Balaban J connectivity index is 1.93. The van der Waals surface area contributed by atoms with Crippen molar-refractivity contribution < 1.29 is 28.2 Å². The molecule has 1 N–H and O–H groups in total. The molecule has 5 nitrogen and oxygen atoms in total. The lowest BCUT2D eigenvalue weighted by Gasteiger charge is -2.25. The summed E-state index contributed by atoms with van der Waals surface area (Å²) in [6.07, 6.45) is 0. The molecule has 0 saturated carbocycles. The third kappa shape index (κ3) is 3.54. The van der Waals surface area contributed by atoms with E-state index in [-0.39, 0.29) is 11.3 Å². The van der Waals surface area contributed by atoms with Crippen LogP contribution >= 0.6 is 0 Å². The fourth-order valence-corrected chi connectivity index (χ4v) is 3.61. The van der Waals surface area contributed by atoms with E-state index in [4.69, 9.17) is 4.74 Å². The highest BCUT2D eigenvalue weighted by Gasteiger charge is 2.47. The van der Waals surface area contributed by atoms with Crippen LogP contribution < -0.4 is 9.64 Å². The maximum atomic E-state index is 14.6. The zero-order chi connectivity index (χ0) is 22.1. The normalized spacial score (nSPS) is 17.8. The van der Waals surface area contributed by atoms with Gasteiger partial charge in [0.15, 0.2) is 0 Å². The predicted octanol–water partition coefficient (Wildman–Crippen LogP) is 4.60. The van der Waals surface area contributed by atoms with E-state index in [0.717, 1.165) is 17.0 Å². The average Bonchev–Trinajstić information content (AvgIpc) is 3.04. The summed E-state index contributed by atoms with van der Waals surface area (Å²) in [7, 11) is 1.49. The molecule has 1 atom stereocenters. The first-order valence-corrected chi connectivity index (χ1v) is 9.38. The fraction of sp³-hybridized carbons (Fsp3) is 0.0833. The molecule has 4 rings (SSSR count). The molecule has 1 fully saturated rings. The number of ketones is 1. The summed E-state index contributed by atoms with van der Waals surface area (Å²) in [5, 5.41) is 11.0. The first kappa shape index (κ1) is 20.3. The zero-order valence-electron chi connectivity index (χ0n) is 16.4. The van der Waals surface area contributed by atoms with Crippen LogP contribution in [0.1, 0.15) is 17.2 Å². The summed E-state index contributed by atoms with van der Waals surface area (Å²) < 4.78 is 33.1. The molecule has 1 heterocycles. The number of amides is 1. The van der Waals surface area contributed by atoms with E-state index in [2.05, 4.69) is 0 Å². The van der Waals surface area contributed by atoms with Gasteiger partial charge in [0, 0.05) is 11.6 Å². The molecule has 0 radical (unpaired) electrons. The SMILES string of the molecule is COc1ccc(/C(O)=C2\C(=O)C(=O)N(c3ccc(F)cc3F)C2c2ccccc2)cc1. The van der Waals surface area contributed by atoms with Gasteiger partial charge in [-0.1, -0.05) is 30.3 Å². The Morgan fingerprint density at radius 2 is 1.65 bits per heavy atom. The predicted molar refractivity (Wildman–Crippen MR) is 111 cm³/mol. The second-order valence-corrected chi connectivity index (χ2v) is 6.90. The van der Waals surface area contributed by atoms with Gasteiger partial charge in [-0.25, -0.2) is 8.78 Å². The minimum absolute atomic E-state index is 0.190. The molecule has 1 unspecified atom stereocenters. The lowest BCUT2D eigenvalue weighted by atomic mass is 9.95. The van der Waals surface area contributed by atoms with Crippen LogP contribution in [0.4, 0.5) is 14.5 Å². The number of aliphatic hydroxyl groups excluding tert-OH is 1. The van der Waals surface area contributed by atoms with Gasteiger partial charge in [0.05, 0.1) is 24.4 Å².